The van der Waals surface area contributed by atoms with Gasteiger partial charge in [0, 0.05) is 44.6 Å². The quantitative estimate of drug-likeness (QED) is 0.850. The number of hydrogen-bond donors (Lipinski definition) is 0. The van der Waals surface area contributed by atoms with E-state index in [2.05, 4.69) is 24.8 Å². The fraction of sp³-hybridized carbons (Fsp3) is 0.400. The molecule has 1 aliphatic heterocycles. The number of pyridine rings is 1. The van der Waals surface area contributed by atoms with Crippen LogP contribution >= 0.6 is 0 Å². The summed E-state index contributed by atoms with van der Waals surface area (Å²) in [6.45, 7) is 6.19. The molecule has 1 aliphatic rings. The molecule has 3 rings (SSSR count). The monoisotopic (exact) mass is 285 g/mol. The van der Waals surface area contributed by atoms with Gasteiger partial charge < -0.3 is 14.5 Å². The van der Waals surface area contributed by atoms with Crippen molar-refractivity contribution in [3.05, 3.63) is 36.7 Å². The Kier molecular flexibility index (Phi) is 4.14. The molecule has 0 atom stereocenters. The van der Waals surface area contributed by atoms with Gasteiger partial charge >= 0.3 is 0 Å². The molecule has 2 aromatic rings. The van der Waals surface area contributed by atoms with Crippen molar-refractivity contribution in [2.24, 2.45) is 0 Å². The van der Waals surface area contributed by atoms with Gasteiger partial charge in [-0.05, 0) is 19.1 Å². The molecule has 3 heterocycles. The van der Waals surface area contributed by atoms with Crippen LogP contribution in [0.15, 0.2) is 36.7 Å². The van der Waals surface area contributed by atoms with E-state index >= 15 is 0 Å². The Balaban J connectivity index is 1.64. The highest BCUT2D eigenvalue weighted by Crippen LogP contribution is 2.18. The first-order chi connectivity index (χ1) is 10.4. The van der Waals surface area contributed by atoms with E-state index in [1.807, 2.05) is 31.2 Å². The molecular formula is C15H19N5O. The molecule has 21 heavy (non-hydrogen) atoms. The van der Waals surface area contributed by atoms with Crippen molar-refractivity contribution in [3.63, 3.8) is 0 Å². The van der Waals surface area contributed by atoms with Gasteiger partial charge in [-0.15, -0.1) is 0 Å². The molecule has 0 aromatic carbocycles. The Morgan fingerprint density at radius 1 is 1.00 bits per heavy atom. The number of aromatic nitrogens is 3. The van der Waals surface area contributed by atoms with E-state index in [1.165, 1.54) is 0 Å². The SMILES string of the molecule is CCOc1cccc(N2CCN(c3ncccn3)CC2)n1. The summed E-state index contributed by atoms with van der Waals surface area (Å²) < 4.78 is 5.46. The Hall–Kier alpha value is -2.37. The van der Waals surface area contributed by atoms with Crippen molar-refractivity contribution < 1.29 is 4.74 Å². The Morgan fingerprint density at radius 2 is 1.71 bits per heavy atom. The summed E-state index contributed by atoms with van der Waals surface area (Å²) in [5.74, 6) is 2.45. The predicted molar refractivity (Wildman–Crippen MR) is 81.9 cm³/mol. The first kappa shape index (κ1) is 13.6. The molecular weight excluding hydrogens is 266 g/mol. The third-order valence-electron chi connectivity index (χ3n) is 3.44. The maximum absolute atomic E-state index is 5.46. The van der Waals surface area contributed by atoms with E-state index in [9.17, 15) is 0 Å². The van der Waals surface area contributed by atoms with Gasteiger partial charge in [-0.2, -0.15) is 4.98 Å². The van der Waals surface area contributed by atoms with E-state index < -0.39 is 0 Å². The summed E-state index contributed by atoms with van der Waals surface area (Å²) in [5.41, 5.74) is 0. The van der Waals surface area contributed by atoms with Crippen LogP contribution in [0.4, 0.5) is 11.8 Å². The standard InChI is InChI=1S/C15H19N5O/c1-2-21-14-6-3-5-13(18-14)19-9-11-20(12-10-19)15-16-7-4-8-17-15/h3-8H,2,9-12H2,1H3. The summed E-state index contributed by atoms with van der Waals surface area (Å²) >= 11 is 0. The van der Waals surface area contributed by atoms with E-state index in [0.717, 1.165) is 37.9 Å². The zero-order chi connectivity index (χ0) is 14.5. The maximum atomic E-state index is 5.46. The molecule has 0 spiro atoms. The Labute approximate surface area is 124 Å². The minimum absolute atomic E-state index is 0.635. The van der Waals surface area contributed by atoms with Gasteiger partial charge in [-0.3, -0.25) is 0 Å². The van der Waals surface area contributed by atoms with Crippen molar-refractivity contribution in [2.75, 3.05) is 42.6 Å². The smallest absolute Gasteiger partial charge is 0.225 e. The van der Waals surface area contributed by atoms with Crippen LogP contribution < -0.4 is 14.5 Å². The fourth-order valence-corrected chi connectivity index (χ4v) is 2.40. The van der Waals surface area contributed by atoms with Crippen molar-refractivity contribution in [2.45, 2.75) is 6.92 Å². The second-order valence-corrected chi connectivity index (χ2v) is 4.79. The van der Waals surface area contributed by atoms with Crippen molar-refractivity contribution >= 4 is 11.8 Å². The number of rotatable bonds is 4. The van der Waals surface area contributed by atoms with Gasteiger partial charge in [0.05, 0.1) is 6.61 Å². The topological polar surface area (TPSA) is 54.4 Å². The maximum Gasteiger partial charge on any atom is 0.225 e. The summed E-state index contributed by atoms with van der Waals surface area (Å²) in [6, 6.07) is 7.74. The highest BCUT2D eigenvalue weighted by molar-refractivity contribution is 5.43. The molecule has 0 saturated carbocycles. The lowest BCUT2D eigenvalue weighted by Gasteiger charge is -2.35. The van der Waals surface area contributed by atoms with E-state index in [4.69, 9.17) is 4.74 Å². The van der Waals surface area contributed by atoms with Gasteiger partial charge in [-0.1, -0.05) is 6.07 Å². The second kappa shape index (κ2) is 6.39. The minimum Gasteiger partial charge on any atom is -0.478 e. The Bertz CT molecular complexity index is 569. The largest absolute Gasteiger partial charge is 0.478 e. The van der Waals surface area contributed by atoms with E-state index in [1.54, 1.807) is 12.4 Å². The molecule has 1 fully saturated rings. The number of piperazine rings is 1. The van der Waals surface area contributed by atoms with Crippen LogP contribution in [0.2, 0.25) is 0 Å². The molecule has 1 saturated heterocycles. The highest BCUT2D eigenvalue weighted by Gasteiger charge is 2.19. The molecule has 6 nitrogen and oxygen atoms in total. The average Bonchev–Trinajstić information content (AvgIpc) is 2.56. The van der Waals surface area contributed by atoms with Gasteiger partial charge in [0.15, 0.2) is 0 Å². The number of hydrogen-bond acceptors (Lipinski definition) is 6. The average molecular weight is 285 g/mol. The van der Waals surface area contributed by atoms with Crippen LogP contribution in [-0.4, -0.2) is 47.7 Å². The molecule has 0 bridgehead atoms. The summed E-state index contributed by atoms with van der Waals surface area (Å²) in [7, 11) is 0. The van der Waals surface area contributed by atoms with Gasteiger partial charge in [0.25, 0.3) is 0 Å². The third kappa shape index (κ3) is 3.21. The molecule has 0 aliphatic carbocycles. The summed E-state index contributed by atoms with van der Waals surface area (Å²) in [6.07, 6.45) is 3.56. The first-order valence-corrected chi connectivity index (χ1v) is 7.23. The zero-order valence-corrected chi connectivity index (χ0v) is 12.1. The van der Waals surface area contributed by atoms with E-state index in [-0.39, 0.29) is 0 Å². The van der Waals surface area contributed by atoms with Crippen molar-refractivity contribution in [1.29, 1.82) is 0 Å². The molecule has 0 N–H and O–H groups in total. The molecule has 0 unspecified atom stereocenters. The van der Waals surface area contributed by atoms with E-state index in [0.29, 0.717) is 12.5 Å². The van der Waals surface area contributed by atoms with Crippen LogP contribution in [0.5, 0.6) is 5.88 Å². The summed E-state index contributed by atoms with van der Waals surface area (Å²) in [4.78, 5) is 17.6. The number of ether oxygens (including phenoxy) is 1. The molecule has 0 radical (unpaired) electrons. The lowest BCUT2D eigenvalue weighted by Crippen LogP contribution is -2.47. The van der Waals surface area contributed by atoms with Crippen LogP contribution in [0.1, 0.15) is 6.92 Å². The molecule has 0 amide bonds. The van der Waals surface area contributed by atoms with Gasteiger partial charge in [0.1, 0.15) is 5.82 Å². The summed E-state index contributed by atoms with van der Waals surface area (Å²) in [5, 5.41) is 0. The first-order valence-electron chi connectivity index (χ1n) is 7.23. The molecule has 110 valence electrons. The highest BCUT2D eigenvalue weighted by atomic mass is 16.5. The van der Waals surface area contributed by atoms with Gasteiger partial charge in [0.2, 0.25) is 11.8 Å². The Morgan fingerprint density at radius 3 is 2.43 bits per heavy atom. The zero-order valence-electron chi connectivity index (χ0n) is 12.1. The number of anilines is 2. The van der Waals surface area contributed by atoms with Crippen LogP contribution in [0.25, 0.3) is 0 Å². The number of nitrogens with zero attached hydrogens (tertiary/aromatic N) is 5. The third-order valence-corrected chi connectivity index (χ3v) is 3.44. The van der Waals surface area contributed by atoms with Crippen molar-refractivity contribution in [1.82, 2.24) is 15.0 Å². The lowest BCUT2D eigenvalue weighted by molar-refractivity contribution is 0.327. The fourth-order valence-electron chi connectivity index (χ4n) is 2.40. The molecule has 2 aromatic heterocycles. The minimum atomic E-state index is 0.635. The van der Waals surface area contributed by atoms with Crippen LogP contribution in [0.3, 0.4) is 0 Å². The predicted octanol–water partition coefficient (Wildman–Crippen LogP) is 1.60. The second-order valence-electron chi connectivity index (χ2n) is 4.79. The van der Waals surface area contributed by atoms with Crippen LogP contribution in [-0.2, 0) is 0 Å². The molecule has 6 heteroatoms. The lowest BCUT2D eigenvalue weighted by atomic mass is 10.3. The van der Waals surface area contributed by atoms with Gasteiger partial charge in [-0.25, -0.2) is 9.97 Å². The van der Waals surface area contributed by atoms with Crippen LogP contribution in [0, 0.1) is 0 Å². The van der Waals surface area contributed by atoms with Crippen molar-refractivity contribution in [3.8, 4) is 5.88 Å². The normalized spacial score (nSPS) is 15.1.